The van der Waals surface area contributed by atoms with E-state index in [-0.39, 0.29) is 24.4 Å². The standard InChI is InChI=1S/C20H31N3O2/c1-5-18-8-6-7-13-23(18)20(25)16(3)22(4)14-19(24)21-17-11-9-15(2)10-12-17/h9-12,16,18H,5-8,13-14H2,1-4H3,(H,21,24). The molecule has 0 aliphatic carbocycles. The highest BCUT2D eigenvalue weighted by Crippen LogP contribution is 2.21. The van der Waals surface area contributed by atoms with Gasteiger partial charge in [-0.3, -0.25) is 14.5 Å². The monoisotopic (exact) mass is 345 g/mol. The largest absolute Gasteiger partial charge is 0.338 e. The van der Waals surface area contributed by atoms with Crippen molar-refractivity contribution in [1.82, 2.24) is 9.80 Å². The van der Waals surface area contributed by atoms with Crippen molar-refractivity contribution in [1.29, 1.82) is 0 Å². The Morgan fingerprint density at radius 1 is 1.28 bits per heavy atom. The molecule has 2 unspecified atom stereocenters. The molecular formula is C20H31N3O2. The molecule has 0 radical (unpaired) electrons. The van der Waals surface area contributed by atoms with Crippen LogP contribution in [0.3, 0.4) is 0 Å². The molecule has 1 aliphatic heterocycles. The van der Waals surface area contributed by atoms with Crippen LogP contribution in [0.5, 0.6) is 0 Å². The number of piperidine rings is 1. The number of amides is 2. The lowest BCUT2D eigenvalue weighted by molar-refractivity contribution is -0.140. The second-order valence-corrected chi connectivity index (χ2v) is 7.09. The Labute approximate surface area is 151 Å². The number of nitrogens with zero attached hydrogens (tertiary/aromatic N) is 2. The van der Waals surface area contributed by atoms with Gasteiger partial charge in [0.05, 0.1) is 12.6 Å². The summed E-state index contributed by atoms with van der Waals surface area (Å²) in [6, 6.07) is 7.76. The Kier molecular flexibility index (Phi) is 7.00. The molecule has 0 saturated carbocycles. The number of carbonyl (C=O) groups excluding carboxylic acids is 2. The van der Waals surface area contributed by atoms with Gasteiger partial charge >= 0.3 is 0 Å². The topological polar surface area (TPSA) is 52.7 Å². The zero-order valence-corrected chi connectivity index (χ0v) is 15.9. The third kappa shape index (κ3) is 5.30. The Morgan fingerprint density at radius 3 is 2.60 bits per heavy atom. The van der Waals surface area contributed by atoms with E-state index >= 15 is 0 Å². The molecule has 0 aromatic heterocycles. The smallest absolute Gasteiger partial charge is 0.239 e. The number of carbonyl (C=O) groups is 2. The molecule has 1 heterocycles. The zero-order valence-electron chi connectivity index (χ0n) is 15.9. The van der Waals surface area contributed by atoms with Crippen LogP contribution in [-0.4, -0.2) is 53.8 Å². The fourth-order valence-electron chi connectivity index (χ4n) is 3.34. The summed E-state index contributed by atoms with van der Waals surface area (Å²) in [6.07, 6.45) is 4.36. The molecule has 5 heteroatoms. The fraction of sp³-hybridized carbons (Fsp3) is 0.600. The number of hydrogen-bond donors (Lipinski definition) is 1. The molecule has 1 aliphatic rings. The number of anilines is 1. The maximum atomic E-state index is 12.8. The minimum atomic E-state index is -0.295. The van der Waals surface area contributed by atoms with Crippen molar-refractivity contribution in [2.45, 2.75) is 58.5 Å². The highest BCUT2D eigenvalue weighted by atomic mass is 16.2. The van der Waals surface area contributed by atoms with Gasteiger partial charge in [-0.1, -0.05) is 24.6 Å². The predicted molar refractivity (Wildman–Crippen MR) is 102 cm³/mol. The molecule has 1 N–H and O–H groups in total. The van der Waals surface area contributed by atoms with Crippen molar-refractivity contribution >= 4 is 17.5 Å². The van der Waals surface area contributed by atoms with Crippen LogP contribution in [0.15, 0.2) is 24.3 Å². The lowest BCUT2D eigenvalue weighted by atomic mass is 9.99. The van der Waals surface area contributed by atoms with Crippen LogP contribution in [0.4, 0.5) is 5.69 Å². The van der Waals surface area contributed by atoms with Gasteiger partial charge in [0.25, 0.3) is 0 Å². The summed E-state index contributed by atoms with van der Waals surface area (Å²) in [4.78, 5) is 28.9. The molecule has 1 fully saturated rings. The van der Waals surface area contributed by atoms with E-state index < -0.39 is 0 Å². The summed E-state index contributed by atoms with van der Waals surface area (Å²) in [5.74, 6) is 0.0360. The van der Waals surface area contributed by atoms with Crippen LogP contribution >= 0.6 is 0 Å². The van der Waals surface area contributed by atoms with E-state index in [0.29, 0.717) is 6.04 Å². The predicted octanol–water partition coefficient (Wildman–Crippen LogP) is 3.04. The van der Waals surface area contributed by atoms with Crippen LogP contribution in [0.1, 0.15) is 45.1 Å². The highest BCUT2D eigenvalue weighted by molar-refractivity contribution is 5.92. The summed E-state index contributed by atoms with van der Waals surface area (Å²) >= 11 is 0. The summed E-state index contributed by atoms with van der Waals surface area (Å²) in [6.45, 7) is 7.08. The molecule has 1 aromatic carbocycles. The van der Waals surface area contributed by atoms with E-state index in [2.05, 4.69) is 12.2 Å². The third-order valence-corrected chi connectivity index (χ3v) is 5.13. The Balaban J connectivity index is 1.89. The van der Waals surface area contributed by atoms with Crippen molar-refractivity contribution in [2.75, 3.05) is 25.5 Å². The molecule has 1 saturated heterocycles. The highest BCUT2D eigenvalue weighted by Gasteiger charge is 2.30. The van der Waals surface area contributed by atoms with E-state index in [4.69, 9.17) is 0 Å². The Bertz CT molecular complexity index is 585. The summed E-state index contributed by atoms with van der Waals surface area (Å²) in [5.41, 5.74) is 1.94. The first kappa shape index (κ1) is 19.4. The van der Waals surface area contributed by atoms with Crippen molar-refractivity contribution in [2.24, 2.45) is 0 Å². The summed E-state index contributed by atoms with van der Waals surface area (Å²) < 4.78 is 0. The lowest BCUT2D eigenvalue weighted by Gasteiger charge is -2.38. The van der Waals surface area contributed by atoms with Crippen LogP contribution in [0.2, 0.25) is 0 Å². The van der Waals surface area contributed by atoms with E-state index in [1.54, 1.807) is 0 Å². The first-order valence-electron chi connectivity index (χ1n) is 9.29. The number of nitrogens with one attached hydrogen (secondary N) is 1. The molecule has 5 nitrogen and oxygen atoms in total. The number of rotatable bonds is 6. The van der Waals surface area contributed by atoms with Crippen molar-refractivity contribution in [3.05, 3.63) is 29.8 Å². The molecule has 2 atom stereocenters. The normalized spacial score (nSPS) is 18.9. The van der Waals surface area contributed by atoms with Crippen LogP contribution in [0.25, 0.3) is 0 Å². The minimum absolute atomic E-state index is 0.100. The molecule has 2 amide bonds. The van der Waals surface area contributed by atoms with Gasteiger partial charge in [0.15, 0.2) is 0 Å². The molecular weight excluding hydrogens is 314 g/mol. The van der Waals surface area contributed by atoms with E-state index in [9.17, 15) is 9.59 Å². The number of likely N-dealkylation sites (tertiary alicyclic amines) is 1. The van der Waals surface area contributed by atoms with Crippen LogP contribution in [-0.2, 0) is 9.59 Å². The first-order valence-corrected chi connectivity index (χ1v) is 9.29. The van der Waals surface area contributed by atoms with Gasteiger partial charge in [0.1, 0.15) is 0 Å². The van der Waals surface area contributed by atoms with Gasteiger partial charge in [-0.25, -0.2) is 0 Å². The molecule has 0 spiro atoms. The first-order chi connectivity index (χ1) is 11.9. The average molecular weight is 345 g/mol. The second kappa shape index (κ2) is 8.99. The molecule has 1 aromatic rings. The zero-order chi connectivity index (χ0) is 18.4. The van der Waals surface area contributed by atoms with Gasteiger partial charge in [-0.05, 0) is 58.7 Å². The molecule has 138 valence electrons. The number of likely N-dealkylation sites (N-methyl/N-ethyl adjacent to an activating group) is 1. The molecule has 25 heavy (non-hydrogen) atoms. The number of benzene rings is 1. The van der Waals surface area contributed by atoms with Crippen LogP contribution < -0.4 is 5.32 Å². The van der Waals surface area contributed by atoms with E-state index in [1.165, 1.54) is 6.42 Å². The van der Waals surface area contributed by atoms with E-state index in [0.717, 1.165) is 37.1 Å². The summed E-state index contributed by atoms with van der Waals surface area (Å²) in [7, 11) is 1.84. The fourth-order valence-corrected chi connectivity index (χ4v) is 3.34. The average Bonchev–Trinajstić information content (AvgIpc) is 2.62. The van der Waals surface area contributed by atoms with Crippen molar-refractivity contribution < 1.29 is 9.59 Å². The Morgan fingerprint density at radius 2 is 1.96 bits per heavy atom. The van der Waals surface area contributed by atoms with Gasteiger partial charge in [0.2, 0.25) is 11.8 Å². The summed E-state index contributed by atoms with van der Waals surface area (Å²) in [5, 5.41) is 2.89. The maximum Gasteiger partial charge on any atom is 0.239 e. The molecule has 2 rings (SSSR count). The minimum Gasteiger partial charge on any atom is -0.338 e. The number of aryl methyl sites for hydroxylation is 1. The maximum absolute atomic E-state index is 12.8. The number of hydrogen-bond acceptors (Lipinski definition) is 3. The van der Waals surface area contributed by atoms with Gasteiger partial charge in [0, 0.05) is 18.3 Å². The van der Waals surface area contributed by atoms with Crippen molar-refractivity contribution in [3.63, 3.8) is 0 Å². The van der Waals surface area contributed by atoms with Gasteiger partial charge in [-0.2, -0.15) is 0 Å². The van der Waals surface area contributed by atoms with Crippen molar-refractivity contribution in [3.8, 4) is 0 Å². The van der Waals surface area contributed by atoms with Gasteiger partial charge in [-0.15, -0.1) is 0 Å². The SMILES string of the molecule is CCC1CCCCN1C(=O)C(C)N(C)CC(=O)Nc1ccc(C)cc1. The second-order valence-electron chi connectivity index (χ2n) is 7.09. The van der Waals surface area contributed by atoms with Gasteiger partial charge < -0.3 is 10.2 Å². The quantitative estimate of drug-likeness (QED) is 0.862. The third-order valence-electron chi connectivity index (χ3n) is 5.13. The molecule has 0 bridgehead atoms. The van der Waals surface area contributed by atoms with Crippen LogP contribution in [0, 0.1) is 6.92 Å². The van der Waals surface area contributed by atoms with E-state index in [1.807, 2.05) is 55.0 Å². The Hall–Kier alpha value is -1.88. The lowest BCUT2D eigenvalue weighted by Crippen LogP contribution is -2.52.